The van der Waals surface area contributed by atoms with Crippen molar-refractivity contribution in [3.05, 3.63) is 44.3 Å². The molecule has 1 fully saturated rings. The largest absolute Gasteiger partial charge is 0.340 e. The van der Waals surface area contributed by atoms with Gasteiger partial charge in [-0.15, -0.1) is 5.10 Å². The molecular formula is C18H20BrN5O. The van der Waals surface area contributed by atoms with Gasteiger partial charge in [-0.25, -0.2) is 4.68 Å². The molecule has 4 rings (SSSR count). The molecule has 7 heteroatoms. The van der Waals surface area contributed by atoms with Gasteiger partial charge in [0.2, 0.25) is 5.95 Å². The Balaban J connectivity index is 1.86. The van der Waals surface area contributed by atoms with Crippen molar-refractivity contribution >= 4 is 32.9 Å². The number of aromatic amines is 1. The zero-order valence-electron chi connectivity index (χ0n) is 14.5. The van der Waals surface area contributed by atoms with Crippen molar-refractivity contribution < 1.29 is 0 Å². The summed E-state index contributed by atoms with van der Waals surface area (Å²) in [6.45, 7) is 7.15. The van der Waals surface area contributed by atoms with E-state index in [1.165, 1.54) is 0 Å². The number of nitrogens with zero attached hydrogens (tertiary/aromatic N) is 4. The average Bonchev–Trinajstić information content (AvgIpc) is 3.12. The summed E-state index contributed by atoms with van der Waals surface area (Å²) < 4.78 is 2.80. The Kier molecular flexibility index (Phi) is 3.91. The van der Waals surface area contributed by atoms with Crippen LogP contribution in [0.25, 0.3) is 16.7 Å². The van der Waals surface area contributed by atoms with Gasteiger partial charge >= 0.3 is 0 Å². The molecule has 3 heterocycles. The maximum atomic E-state index is 12.5. The molecular weight excluding hydrogens is 382 g/mol. The summed E-state index contributed by atoms with van der Waals surface area (Å²) in [5, 5.41) is 5.11. The van der Waals surface area contributed by atoms with Crippen LogP contribution >= 0.6 is 15.9 Å². The van der Waals surface area contributed by atoms with Crippen LogP contribution in [0.15, 0.2) is 27.6 Å². The number of nitrogens with one attached hydrogen (secondary N) is 1. The lowest BCUT2D eigenvalue weighted by Gasteiger charge is -2.21. The molecule has 0 aliphatic carbocycles. The molecule has 3 aromatic rings. The van der Waals surface area contributed by atoms with E-state index < -0.39 is 0 Å². The second kappa shape index (κ2) is 5.98. The maximum absolute atomic E-state index is 12.5. The lowest BCUT2D eigenvalue weighted by Crippen LogP contribution is -2.30. The molecule has 25 heavy (non-hydrogen) atoms. The zero-order valence-corrected chi connectivity index (χ0v) is 16.1. The molecule has 130 valence electrons. The van der Waals surface area contributed by atoms with E-state index in [9.17, 15) is 4.79 Å². The number of benzene rings is 1. The number of hydrogen-bond donors (Lipinski definition) is 1. The van der Waals surface area contributed by atoms with Gasteiger partial charge in [-0.05, 0) is 56.9 Å². The zero-order chi connectivity index (χ0) is 17.7. The van der Waals surface area contributed by atoms with Crippen molar-refractivity contribution in [2.45, 2.75) is 39.7 Å². The van der Waals surface area contributed by atoms with Gasteiger partial charge in [-0.1, -0.05) is 15.9 Å². The molecule has 0 radical (unpaired) electrons. The highest BCUT2D eigenvalue weighted by atomic mass is 79.9. The van der Waals surface area contributed by atoms with E-state index in [0.29, 0.717) is 23.0 Å². The molecule has 0 bridgehead atoms. The molecule has 1 N–H and O–H groups in total. The summed E-state index contributed by atoms with van der Waals surface area (Å²) in [5.74, 6) is 0.622. The molecule has 0 saturated carbocycles. The second-order valence-corrected chi connectivity index (χ2v) is 7.69. The van der Waals surface area contributed by atoms with E-state index in [-0.39, 0.29) is 5.56 Å². The Morgan fingerprint density at radius 3 is 2.64 bits per heavy atom. The minimum absolute atomic E-state index is 0.141. The number of anilines is 1. The van der Waals surface area contributed by atoms with Gasteiger partial charge in [0, 0.05) is 23.3 Å². The fraction of sp³-hybridized carbons (Fsp3) is 0.389. The molecule has 2 aromatic heterocycles. The maximum Gasteiger partial charge on any atom is 0.263 e. The third-order valence-electron chi connectivity index (χ3n) is 4.89. The van der Waals surface area contributed by atoms with Gasteiger partial charge in [-0.2, -0.15) is 4.98 Å². The summed E-state index contributed by atoms with van der Waals surface area (Å²) in [4.78, 5) is 22.2. The van der Waals surface area contributed by atoms with Crippen LogP contribution in [0.3, 0.4) is 0 Å². The predicted octanol–water partition coefficient (Wildman–Crippen LogP) is 3.48. The highest BCUT2D eigenvalue weighted by Gasteiger charge is 2.23. The van der Waals surface area contributed by atoms with Crippen molar-refractivity contribution in [1.82, 2.24) is 19.7 Å². The van der Waals surface area contributed by atoms with Crippen LogP contribution in [0.1, 0.15) is 30.9 Å². The van der Waals surface area contributed by atoms with Crippen LogP contribution in [0.4, 0.5) is 5.95 Å². The molecule has 0 spiro atoms. The van der Waals surface area contributed by atoms with Crippen LogP contribution in [0.2, 0.25) is 0 Å². The van der Waals surface area contributed by atoms with Crippen LogP contribution < -0.4 is 10.5 Å². The first-order valence-electron chi connectivity index (χ1n) is 8.47. The number of aromatic nitrogens is 4. The lowest BCUT2D eigenvalue weighted by molar-refractivity contribution is 0.717. The first kappa shape index (κ1) is 16.3. The second-order valence-electron chi connectivity index (χ2n) is 6.77. The Morgan fingerprint density at radius 1 is 1.28 bits per heavy atom. The molecule has 6 nitrogen and oxygen atoms in total. The molecule has 1 aliphatic heterocycles. The predicted molar refractivity (Wildman–Crippen MR) is 103 cm³/mol. The van der Waals surface area contributed by atoms with E-state index in [0.717, 1.165) is 40.7 Å². The summed E-state index contributed by atoms with van der Waals surface area (Å²) in [7, 11) is 0. The Bertz CT molecular complexity index is 999. The average molecular weight is 402 g/mol. The lowest BCUT2D eigenvalue weighted by atomic mass is 10.1. The molecule has 1 atom stereocenters. The van der Waals surface area contributed by atoms with Gasteiger partial charge in [-0.3, -0.25) is 9.78 Å². The summed E-state index contributed by atoms with van der Waals surface area (Å²) in [5.41, 5.74) is 3.50. The monoisotopic (exact) mass is 401 g/mol. The van der Waals surface area contributed by atoms with Gasteiger partial charge in [0.25, 0.3) is 5.56 Å². The number of aryl methyl sites for hydroxylation is 2. The van der Waals surface area contributed by atoms with Crippen LogP contribution in [-0.4, -0.2) is 32.3 Å². The first-order chi connectivity index (χ1) is 11.9. The third-order valence-corrected chi connectivity index (χ3v) is 5.34. The summed E-state index contributed by atoms with van der Waals surface area (Å²) in [6.07, 6.45) is 4.00. The van der Waals surface area contributed by atoms with Crippen molar-refractivity contribution in [2.24, 2.45) is 0 Å². The van der Waals surface area contributed by atoms with E-state index in [1.54, 1.807) is 10.9 Å². The topological polar surface area (TPSA) is 66.8 Å². The van der Waals surface area contributed by atoms with Crippen LogP contribution in [0, 0.1) is 13.8 Å². The van der Waals surface area contributed by atoms with Crippen LogP contribution in [-0.2, 0) is 0 Å². The highest BCUT2D eigenvalue weighted by Crippen LogP contribution is 2.25. The van der Waals surface area contributed by atoms with Gasteiger partial charge < -0.3 is 4.90 Å². The van der Waals surface area contributed by atoms with Crippen LogP contribution in [0.5, 0.6) is 0 Å². The number of rotatable bonds is 2. The number of H-pyrrole nitrogens is 1. The van der Waals surface area contributed by atoms with E-state index >= 15 is 0 Å². The number of fused-ring (bicyclic) bond motifs is 1. The van der Waals surface area contributed by atoms with Crippen molar-refractivity contribution in [1.29, 1.82) is 0 Å². The standard InChI is InChI=1S/C18H20BrN5O/c1-10-7-13(19)8-11(2)15(10)24-9-14-16(22-24)20-18(21-17(14)25)23-6-4-5-12(23)3/h7-9,12H,4-6H2,1-3H3,(H,20,21,22,25)/t12-/m0/s1. The minimum atomic E-state index is -0.141. The Morgan fingerprint density at radius 2 is 2.00 bits per heavy atom. The Hall–Kier alpha value is -2.15. The molecule has 0 unspecified atom stereocenters. The van der Waals surface area contributed by atoms with Gasteiger partial charge in [0.15, 0.2) is 5.65 Å². The van der Waals surface area contributed by atoms with Gasteiger partial charge in [0.05, 0.1) is 5.69 Å². The summed E-state index contributed by atoms with van der Waals surface area (Å²) >= 11 is 3.52. The molecule has 0 amide bonds. The third kappa shape index (κ3) is 2.76. The van der Waals surface area contributed by atoms with Crippen molar-refractivity contribution in [3.63, 3.8) is 0 Å². The van der Waals surface area contributed by atoms with Gasteiger partial charge in [0.1, 0.15) is 5.39 Å². The van der Waals surface area contributed by atoms with E-state index in [1.807, 2.05) is 26.0 Å². The fourth-order valence-electron chi connectivity index (χ4n) is 3.67. The number of hydrogen-bond acceptors (Lipinski definition) is 4. The Labute approximate surface area is 154 Å². The SMILES string of the molecule is Cc1cc(Br)cc(C)c1-n1cc2c(=O)[nH]c(N3CCC[C@@H]3C)nc2n1. The normalized spacial score (nSPS) is 17.6. The minimum Gasteiger partial charge on any atom is -0.340 e. The van der Waals surface area contributed by atoms with Crippen molar-refractivity contribution in [3.8, 4) is 5.69 Å². The van der Waals surface area contributed by atoms with E-state index in [2.05, 4.69) is 42.8 Å². The molecule has 1 aromatic carbocycles. The summed E-state index contributed by atoms with van der Waals surface area (Å²) in [6, 6.07) is 4.48. The first-order valence-corrected chi connectivity index (χ1v) is 9.27. The van der Waals surface area contributed by atoms with Crippen molar-refractivity contribution in [2.75, 3.05) is 11.4 Å². The molecule has 1 aliphatic rings. The fourth-order valence-corrected chi connectivity index (χ4v) is 4.35. The molecule has 1 saturated heterocycles. The quantitative estimate of drug-likeness (QED) is 0.713. The highest BCUT2D eigenvalue weighted by molar-refractivity contribution is 9.10. The number of halogens is 1. The van der Waals surface area contributed by atoms with E-state index in [4.69, 9.17) is 0 Å². The smallest absolute Gasteiger partial charge is 0.263 e.